The number of aryl methyl sites for hydroxylation is 1. The zero-order valence-corrected chi connectivity index (χ0v) is 12.2. The van der Waals surface area contributed by atoms with E-state index in [1.807, 2.05) is 4.90 Å². The maximum atomic E-state index is 12.5. The summed E-state index contributed by atoms with van der Waals surface area (Å²) in [7, 11) is 1.67. The first-order valence-corrected chi connectivity index (χ1v) is 7.37. The van der Waals surface area contributed by atoms with Crippen molar-refractivity contribution >= 4 is 5.91 Å². The first-order chi connectivity index (χ1) is 9.70. The molecule has 0 bridgehead atoms. The second-order valence-electron chi connectivity index (χ2n) is 5.72. The summed E-state index contributed by atoms with van der Waals surface area (Å²) in [5.74, 6) is 0.235. The second kappa shape index (κ2) is 5.19. The normalized spacial score (nSPS) is 23.6. The third kappa shape index (κ3) is 2.23. The largest absolute Gasteiger partial charge is 0.383 e. The van der Waals surface area contributed by atoms with Crippen molar-refractivity contribution in [3.8, 4) is 0 Å². The summed E-state index contributed by atoms with van der Waals surface area (Å²) < 4.78 is 5.14. The Hall–Kier alpha value is -1.39. The van der Waals surface area contributed by atoms with Crippen LogP contribution in [0.1, 0.15) is 37.1 Å². The SMILES string of the molecule is CCc1ccc(C2NC3(CC3)C(=O)N2CCOC)cc1. The Balaban J connectivity index is 1.83. The van der Waals surface area contributed by atoms with E-state index in [4.69, 9.17) is 4.74 Å². The van der Waals surface area contributed by atoms with Crippen LogP contribution in [0.15, 0.2) is 24.3 Å². The fraction of sp³-hybridized carbons (Fsp3) is 0.562. The van der Waals surface area contributed by atoms with Gasteiger partial charge in [0, 0.05) is 13.7 Å². The van der Waals surface area contributed by atoms with Gasteiger partial charge in [-0.3, -0.25) is 10.1 Å². The quantitative estimate of drug-likeness (QED) is 0.891. The van der Waals surface area contributed by atoms with Gasteiger partial charge in [0.2, 0.25) is 5.91 Å². The highest BCUT2D eigenvalue weighted by Crippen LogP contribution is 2.45. The third-order valence-corrected chi connectivity index (χ3v) is 4.38. The second-order valence-corrected chi connectivity index (χ2v) is 5.72. The van der Waals surface area contributed by atoms with Gasteiger partial charge >= 0.3 is 0 Å². The van der Waals surface area contributed by atoms with E-state index < -0.39 is 0 Å². The minimum absolute atomic E-state index is 0.00828. The molecule has 1 aromatic rings. The highest BCUT2D eigenvalue weighted by Gasteiger charge is 2.59. The molecule has 1 heterocycles. The van der Waals surface area contributed by atoms with E-state index in [1.54, 1.807) is 7.11 Å². The lowest BCUT2D eigenvalue weighted by molar-refractivity contribution is -0.131. The molecular formula is C16H22N2O2. The Labute approximate surface area is 120 Å². The van der Waals surface area contributed by atoms with Gasteiger partial charge in [0.1, 0.15) is 11.7 Å². The van der Waals surface area contributed by atoms with Crippen LogP contribution in [-0.2, 0) is 16.0 Å². The molecule has 1 amide bonds. The summed E-state index contributed by atoms with van der Waals surface area (Å²) in [6.07, 6.45) is 2.94. The van der Waals surface area contributed by atoms with E-state index in [1.165, 1.54) is 5.56 Å². The van der Waals surface area contributed by atoms with Crippen LogP contribution in [0.2, 0.25) is 0 Å². The number of amides is 1. The molecule has 2 fully saturated rings. The Morgan fingerprint density at radius 2 is 2.05 bits per heavy atom. The van der Waals surface area contributed by atoms with Gasteiger partial charge in [0.25, 0.3) is 0 Å². The van der Waals surface area contributed by atoms with Gasteiger partial charge in [-0.15, -0.1) is 0 Å². The van der Waals surface area contributed by atoms with Crippen LogP contribution < -0.4 is 5.32 Å². The highest BCUT2D eigenvalue weighted by molar-refractivity contribution is 5.92. The highest BCUT2D eigenvalue weighted by atomic mass is 16.5. The van der Waals surface area contributed by atoms with Gasteiger partial charge in [0.15, 0.2) is 0 Å². The van der Waals surface area contributed by atoms with Crippen molar-refractivity contribution in [2.75, 3.05) is 20.3 Å². The van der Waals surface area contributed by atoms with Crippen LogP contribution >= 0.6 is 0 Å². The summed E-state index contributed by atoms with van der Waals surface area (Å²) in [5.41, 5.74) is 2.21. The number of hydrogen-bond donors (Lipinski definition) is 1. The standard InChI is InChI=1S/C16H22N2O2/c1-3-12-4-6-13(7-5-12)14-17-16(8-9-16)15(19)18(14)10-11-20-2/h4-7,14,17H,3,8-11H2,1-2H3. The van der Waals surface area contributed by atoms with Crippen LogP contribution in [-0.4, -0.2) is 36.6 Å². The molecule has 1 saturated carbocycles. The fourth-order valence-electron chi connectivity index (χ4n) is 2.90. The first kappa shape index (κ1) is 13.6. The van der Waals surface area contributed by atoms with Crippen molar-refractivity contribution in [3.63, 3.8) is 0 Å². The van der Waals surface area contributed by atoms with Crippen molar-refractivity contribution in [2.24, 2.45) is 0 Å². The molecule has 1 unspecified atom stereocenters. The number of ether oxygens (including phenoxy) is 1. The fourth-order valence-corrected chi connectivity index (χ4v) is 2.90. The Kier molecular flexibility index (Phi) is 3.52. The zero-order valence-electron chi connectivity index (χ0n) is 12.2. The van der Waals surface area contributed by atoms with Crippen LogP contribution in [0.25, 0.3) is 0 Å². The summed E-state index contributed by atoms with van der Waals surface area (Å²) in [6, 6.07) is 8.55. The van der Waals surface area contributed by atoms with E-state index in [9.17, 15) is 4.79 Å². The van der Waals surface area contributed by atoms with Crippen LogP contribution in [0.5, 0.6) is 0 Å². The molecule has 3 rings (SSSR count). The average Bonchev–Trinajstić information content (AvgIpc) is 3.21. The number of carbonyl (C=O) groups is 1. The molecule has 1 aliphatic heterocycles. The van der Waals surface area contributed by atoms with E-state index in [-0.39, 0.29) is 17.6 Å². The van der Waals surface area contributed by atoms with Gasteiger partial charge < -0.3 is 9.64 Å². The van der Waals surface area contributed by atoms with Gasteiger partial charge in [0.05, 0.1) is 6.61 Å². The molecule has 108 valence electrons. The number of rotatable bonds is 5. The Bertz CT molecular complexity index is 494. The molecule has 1 atom stereocenters. The first-order valence-electron chi connectivity index (χ1n) is 7.37. The molecule has 0 radical (unpaired) electrons. The average molecular weight is 274 g/mol. The van der Waals surface area contributed by atoms with E-state index in [0.29, 0.717) is 13.2 Å². The molecule has 1 aromatic carbocycles. The van der Waals surface area contributed by atoms with Crippen molar-refractivity contribution < 1.29 is 9.53 Å². The van der Waals surface area contributed by atoms with Crippen molar-refractivity contribution in [3.05, 3.63) is 35.4 Å². The maximum Gasteiger partial charge on any atom is 0.244 e. The van der Waals surface area contributed by atoms with Gasteiger partial charge in [-0.2, -0.15) is 0 Å². The Morgan fingerprint density at radius 3 is 2.60 bits per heavy atom. The number of nitrogens with one attached hydrogen (secondary N) is 1. The summed E-state index contributed by atoms with van der Waals surface area (Å²) >= 11 is 0. The van der Waals surface area contributed by atoms with Crippen LogP contribution in [0, 0.1) is 0 Å². The van der Waals surface area contributed by atoms with E-state index in [2.05, 4.69) is 36.5 Å². The number of methoxy groups -OCH3 is 1. The molecule has 1 saturated heterocycles. The molecule has 4 nitrogen and oxygen atoms in total. The number of carbonyl (C=O) groups excluding carboxylic acids is 1. The lowest BCUT2D eigenvalue weighted by Gasteiger charge is -2.24. The molecule has 1 spiro atoms. The molecule has 20 heavy (non-hydrogen) atoms. The molecule has 0 aromatic heterocycles. The molecular weight excluding hydrogens is 252 g/mol. The lowest BCUT2D eigenvalue weighted by atomic mass is 10.1. The van der Waals surface area contributed by atoms with Crippen molar-refractivity contribution in [2.45, 2.75) is 37.9 Å². The predicted molar refractivity (Wildman–Crippen MR) is 77.3 cm³/mol. The summed E-state index contributed by atoms with van der Waals surface area (Å²) in [5, 5.41) is 3.52. The third-order valence-electron chi connectivity index (χ3n) is 4.38. The monoisotopic (exact) mass is 274 g/mol. The summed E-state index contributed by atoms with van der Waals surface area (Å²) in [6.45, 7) is 3.37. The zero-order chi connectivity index (χ0) is 14.2. The van der Waals surface area contributed by atoms with Crippen LogP contribution in [0.4, 0.5) is 0 Å². The molecule has 1 N–H and O–H groups in total. The molecule has 4 heteroatoms. The topological polar surface area (TPSA) is 41.6 Å². The maximum absolute atomic E-state index is 12.5. The van der Waals surface area contributed by atoms with E-state index >= 15 is 0 Å². The van der Waals surface area contributed by atoms with Crippen molar-refractivity contribution in [1.29, 1.82) is 0 Å². The minimum Gasteiger partial charge on any atom is -0.383 e. The van der Waals surface area contributed by atoms with E-state index in [0.717, 1.165) is 24.8 Å². The summed E-state index contributed by atoms with van der Waals surface area (Å²) in [4.78, 5) is 14.4. The Morgan fingerprint density at radius 1 is 1.35 bits per heavy atom. The molecule has 1 aliphatic carbocycles. The predicted octanol–water partition coefficient (Wildman–Crippen LogP) is 1.86. The smallest absolute Gasteiger partial charge is 0.244 e. The van der Waals surface area contributed by atoms with Gasteiger partial charge in [-0.25, -0.2) is 0 Å². The van der Waals surface area contributed by atoms with Crippen molar-refractivity contribution in [1.82, 2.24) is 10.2 Å². The van der Waals surface area contributed by atoms with Gasteiger partial charge in [-0.1, -0.05) is 31.2 Å². The number of hydrogen-bond acceptors (Lipinski definition) is 3. The lowest BCUT2D eigenvalue weighted by Crippen LogP contribution is -2.34. The number of benzene rings is 1. The number of nitrogens with zero attached hydrogens (tertiary/aromatic N) is 1. The molecule has 2 aliphatic rings. The minimum atomic E-state index is -0.276. The van der Waals surface area contributed by atoms with Gasteiger partial charge in [-0.05, 0) is 30.4 Å². The van der Waals surface area contributed by atoms with Crippen LogP contribution in [0.3, 0.4) is 0 Å².